The molecule has 1 unspecified atom stereocenters. The molecule has 3 rings (SSSR count). The lowest BCUT2D eigenvalue weighted by molar-refractivity contribution is -0.125. The highest BCUT2D eigenvalue weighted by Crippen LogP contribution is 2.22. The lowest BCUT2D eigenvalue weighted by Gasteiger charge is -2.12. The number of nitrogens with zero attached hydrogens (tertiary/aromatic N) is 1. The molecule has 1 N–H and O–H groups in total. The largest absolute Gasteiger partial charge is 0.497 e. The van der Waals surface area contributed by atoms with Crippen LogP contribution in [0, 0.1) is 0 Å². The maximum absolute atomic E-state index is 12.4. The number of amides is 1. The Morgan fingerprint density at radius 3 is 2.92 bits per heavy atom. The average Bonchev–Trinajstić information content (AvgIpc) is 3.12. The molecule has 1 amide bonds. The smallest absolute Gasteiger partial charge is 0.268 e. The molecule has 5 heteroatoms. The third kappa shape index (κ3) is 3.40. The number of oxime groups is 1. The molecule has 5 nitrogen and oxygen atoms in total. The Labute approximate surface area is 141 Å². The number of aryl methyl sites for hydroxylation is 1. The highest BCUT2D eigenvalue weighted by atomic mass is 16.6. The van der Waals surface area contributed by atoms with Crippen LogP contribution in [-0.2, 0) is 16.1 Å². The van der Waals surface area contributed by atoms with Gasteiger partial charge in [-0.05, 0) is 30.2 Å². The Balaban J connectivity index is 1.67. The zero-order valence-electron chi connectivity index (χ0n) is 13.8. The first-order valence-corrected chi connectivity index (χ1v) is 7.97. The summed E-state index contributed by atoms with van der Waals surface area (Å²) in [6.45, 7) is 2.06. The zero-order chi connectivity index (χ0) is 16.9. The van der Waals surface area contributed by atoms with E-state index < -0.39 is 6.10 Å². The van der Waals surface area contributed by atoms with Crippen molar-refractivity contribution in [1.82, 2.24) is 0 Å². The summed E-state index contributed by atoms with van der Waals surface area (Å²) in [6.07, 6.45) is 0.678. The second kappa shape index (κ2) is 7.17. The van der Waals surface area contributed by atoms with E-state index >= 15 is 0 Å². The van der Waals surface area contributed by atoms with E-state index in [1.807, 2.05) is 48.5 Å². The molecule has 0 fully saturated rings. The van der Waals surface area contributed by atoms with Gasteiger partial charge in [-0.1, -0.05) is 42.4 Å². The van der Waals surface area contributed by atoms with Gasteiger partial charge >= 0.3 is 0 Å². The van der Waals surface area contributed by atoms with E-state index in [9.17, 15) is 4.79 Å². The molecular weight excluding hydrogens is 304 g/mol. The van der Waals surface area contributed by atoms with Crippen LogP contribution in [0.3, 0.4) is 0 Å². The molecule has 0 spiro atoms. The molecule has 0 aliphatic carbocycles. The summed E-state index contributed by atoms with van der Waals surface area (Å²) in [6, 6.07) is 15.3. The Kier molecular flexibility index (Phi) is 4.79. The van der Waals surface area contributed by atoms with Crippen LogP contribution in [0.1, 0.15) is 24.5 Å². The van der Waals surface area contributed by atoms with Crippen molar-refractivity contribution in [2.75, 3.05) is 12.4 Å². The van der Waals surface area contributed by atoms with Gasteiger partial charge in [0.25, 0.3) is 5.91 Å². The molecule has 124 valence electrons. The van der Waals surface area contributed by atoms with Crippen LogP contribution in [0.4, 0.5) is 5.69 Å². The van der Waals surface area contributed by atoms with Crippen molar-refractivity contribution in [3.63, 3.8) is 0 Å². The molecule has 0 radical (unpaired) electrons. The normalized spacial score (nSPS) is 16.2. The number of hydrogen-bond donors (Lipinski definition) is 1. The molecule has 0 bridgehead atoms. The summed E-state index contributed by atoms with van der Waals surface area (Å²) >= 11 is 0. The van der Waals surface area contributed by atoms with E-state index in [1.54, 1.807) is 7.11 Å². The number of carbonyl (C=O) groups excluding carboxylic acids is 1. The molecule has 2 aromatic carbocycles. The second-order valence-electron chi connectivity index (χ2n) is 5.57. The van der Waals surface area contributed by atoms with Gasteiger partial charge in [0.1, 0.15) is 5.75 Å². The topological polar surface area (TPSA) is 59.9 Å². The van der Waals surface area contributed by atoms with Crippen molar-refractivity contribution in [2.45, 2.75) is 25.9 Å². The summed E-state index contributed by atoms with van der Waals surface area (Å²) in [5.74, 6) is 0.567. The maximum Gasteiger partial charge on any atom is 0.268 e. The summed E-state index contributed by atoms with van der Waals surface area (Å²) in [5.41, 5.74) is 3.57. The fraction of sp³-hybridized carbons (Fsp3) is 0.263. The number of anilines is 1. The third-order valence-corrected chi connectivity index (χ3v) is 4.02. The van der Waals surface area contributed by atoms with Gasteiger partial charge in [-0.3, -0.25) is 4.79 Å². The van der Waals surface area contributed by atoms with E-state index in [1.165, 1.54) is 0 Å². The molecule has 1 heterocycles. The van der Waals surface area contributed by atoms with Gasteiger partial charge in [0, 0.05) is 17.7 Å². The van der Waals surface area contributed by atoms with Crippen molar-refractivity contribution in [3.8, 4) is 5.75 Å². The molecule has 1 atom stereocenters. The number of nitrogens with one attached hydrogen (secondary N) is 1. The van der Waals surface area contributed by atoms with Crippen molar-refractivity contribution in [2.24, 2.45) is 5.16 Å². The lowest BCUT2D eigenvalue weighted by Crippen LogP contribution is -2.28. The molecule has 1 aliphatic rings. The standard InChI is InChI=1S/C19H20N2O3/c1-3-13-7-4-5-10-16(13)20-19(22)18-12-17(21-24-18)14-8-6-9-15(11-14)23-2/h4-11,18H,3,12H2,1-2H3,(H,20,22). The highest BCUT2D eigenvalue weighted by molar-refractivity contribution is 6.06. The average molecular weight is 324 g/mol. The van der Waals surface area contributed by atoms with E-state index in [4.69, 9.17) is 9.57 Å². The Bertz CT molecular complexity index is 771. The number of benzene rings is 2. The number of hydrogen-bond acceptors (Lipinski definition) is 4. The van der Waals surface area contributed by atoms with Crippen LogP contribution in [-0.4, -0.2) is 24.8 Å². The first kappa shape index (κ1) is 16.1. The van der Waals surface area contributed by atoms with Gasteiger partial charge in [0.15, 0.2) is 0 Å². The number of methoxy groups -OCH3 is 1. The Hall–Kier alpha value is -2.82. The van der Waals surface area contributed by atoms with E-state index in [0.29, 0.717) is 6.42 Å². The quantitative estimate of drug-likeness (QED) is 0.917. The van der Waals surface area contributed by atoms with Gasteiger partial charge in [-0.2, -0.15) is 0 Å². The van der Waals surface area contributed by atoms with Gasteiger partial charge in [-0.25, -0.2) is 0 Å². The fourth-order valence-corrected chi connectivity index (χ4v) is 2.65. The minimum Gasteiger partial charge on any atom is -0.497 e. The van der Waals surface area contributed by atoms with Crippen molar-refractivity contribution >= 4 is 17.3 Å². The first-order valence-electron chi connectivity index (χ1n) is 7.97. The highest BCUT2D eigenvalue weighted by Gasteiger charge is 2.29. The molecular formula is C19H20N2O3. The molecule has 1 aliphatic heterocycles. The first-order chi connectivity index (χ1) is 11.7. The van der Waals surface area contributed by atoms with Crippen molar-refractivity contribution in [1.29, 1.82) is 0 Å². The summed E-state index contributed by atoms with van der Waals surface area (Å²) in [5, 5.41) is 7.00. The minimum absolute atomic E-state index is 0.183. The summed E-state index contributed by atoms with van der Waals surface area (Å²) in [7, 11) is 1.62. The molecule has 2 aromatic rings. The van der Waals surface area contributed by atoms with Gasteiger partial charge in [0.05, 0.1) is 12.8 Å². The van der Waals surface area contributed by atoms with Gasteiger partial charge in [-0.15, -0.1) is 0 Å². The molecule has 0 saturated carbocycles. The predicted molar refractivity (Wildman–Crippen MR) is 93.5 cm³/mol. The third-order valence-electron chi connectivity index (χ3n) is 4.02. The summed E-state index contributed by atoms with van der Waals surface area (Å²) in [4.78, 5) is 17.8. The van der Waals surface area contributed by atoms with Crippen LogP contribution in [0.2, 0.25) is 0 Å². The van der Waals surface area contributed by atoms with Gasteiger partial charge in [0.2, 0.25) is 6.10 Å². The predicted octanol–water partition coefficient (Wildman–Crippen LogP) is 3.39. The number of rotatable bonds is 5. The molecule has 24 heavy (non-hydrogen) atoms. The van der Waals surface area contributed by atoms with E-state index in [2.05, 4.69) is 17.4 Å². The van der Waals surface area contributed by atoms with Gasteiger partial charge < -0.3 is 14.9 Å². The van der Waals surface area contributed by atoms with Crippen molar-refractivity contribution < 1.29 is 14.4 Å². The van der Waals surface area contributed by atoms with Crippen LogP contribution in [0.5, 0.6) is 5.75 Å². The van der Waals surface area contributed by atoms with Crippen LogP contribution in [0.15, 0.2) is 53.7 Å². The van der Waals surface area contributed by atoms with E-state index in [-0.39, 0.29) is 5.91 Å². The Morgan fingerprint density at radius 2 is 2.12 bits per heavy atom. The number of para-hydroxylation sites is 1. The monoisotopic (exact) mass is 324 g/mol. The number of carbonyl (C=O) groups is 1. The fourth-order valence-electron chi connectivity index (χ4n) is 2.65. The Morgan fingerprint density at radius 1 is 1.29 bits per heavy atom. The zero-order valence-corrected chi connectivity index (χ0v) is 13.8. The van der Waals surface area contributed by atoms with E-state index in [0.717, 1.165) is 34.7 Å². The second-order valence-corrected chi connectivity index (χ2v) is 5.57. The van der Waals surface area contributed by atoms with Crippen LogP contribution in [0.25, 0.3) is 0 Å². The maximum atomic E-state index is 12.4. The van der Waals surface area contributed by atoms with Crippen molar-refractivity contribution in [3.05, 3.63) is 59.7 Å². The molecule has 0 saturated heterocycles. The number of ether oxygens (including phenoxy) is 1. The van der Waals surface area contributed by atoms with Crippen LogP contribution < -0.4 is 10.1 Å². The van der Waals surface area contributed by atoms with Crippen LogP contribution >= 0.6 is 0 Å². The lowest BCUT2D eigenvalue weighted by atomic mass is 10.0. The molecule has 0 aromatic heterocycles. The minimum atomic E-state index is -0.615. The SMILES string of the molecule is CCc1ccccc1NC(=O)C1CC(c2cccc(OC)c2)=NO1. The summed E-state index contributed by atoms with van der Waals surface area (Å²) < 4.78 is 5.22.